The third-order valence-electron chi connectivity index (χ3n) is 3.23. The molecule has 2 rings (SSSR count). The Hall–Kier alpha value is -1.14. The first-order valence-electron chi connectivity index (χ1n) is 6.25. The van der Waals surface area contributed by atoms with Gasteiger partial charge in [-0.2, -0.15) is 13.2 Å². The van der Waals surface area contributed by atoms with Crippen molar-refractivity contribution in [3.05, 3.63) is 29.6 Å². The summed E-state index contributed by atoms with van der Waals surface area (Å²) in [5, 5.41) is 3.29. The van der Waals surface area contributed by atoms with Gasteiger partial charge in [0.05, 0.1) is 17.9 Å². The maximum absolute atomic E-state index is 12.4. The van der Waals surface area contributed by atoms with Gasteiger partial charge in [0.25, 0.3) is 0 Å². The van der Waals surface area contributed by atoms with Crippen LogP contribution in [0.4, 0.5) is 13.2 Å². The number of nitrogens with one attached hydrogen (secondary N) is 1. The summed E-state index contributed by atoms with van der Waals surface area (Å²) in [6, 6.07) is 2.73. The van der Waals surface area contributed by atoms with Crippen molar-refractivity contribution in [3.63, 3.8) is 0 Å². The van der Waals surface area contributed by atoms with Gasteiger partial charge in [0.15, 0.2) is 0 Å². The van der Waals surface area contributed by atoms with Gasteiger partial charge in [0, 0.05) is 25.9 Å². The Morgan fingerprint density at radius 3 is 2.63 bits per heavy atom. The van der Waals surface area contributed by atoms with E-state index in [9.17, 15) is 13.2 Å². The third kappa shape index (κ3) is 4.18. The number of hydrogen-bond donors (Lipinski definition) is 1. The highest BCUT2D eigenvalue weighted by molar-refractivity contribution is 5.16. The Morgan fingerprint density at radius 1 is 1.42 bits per heavy atom. The second-order valence-corrected chi connectivity index (χ2v) is 4.82. The van der Waals surface area contributed by atoms with Gasteiger partial charge in [-0.05, 0) is 30.9 Å². The predicted molar refractivity (Wildman–Crippen MR) is 64.5 cm³/mol. The van der Waals surface area contributed by atoms with Crippen LogP contribution in [-0.2, 0) is 17.5 Å². The van der Waals surface area contributed by atoms with Crippen LogP contribution in [0.5, 0.6) is 0 Å². The van der Waals surface area contributed by atoms with Crippen molar-refractivity contribution >= 4 is 0 Å². The van der Waals surface area contributed by atoms with E-state index in [0.717, 1.165) is 12.3 Å². The molecule has 1 aromatic heterocycles. The molecule has 0 aromatic carbocycles. The van der Waals surface area contributed by atoms with Gasteiger partial charge in [-0.1, -0.05) is 0 Å². The lowest BCUT2D eigenvalue weighted by Crippen LogP contribution is -2.34. The Balaban J connectivity index is 1.88. The first-order chi connectivity index (χ1) is 9.00. The highest BCUT2D eigenvalue weighted by Crippen LogP contribution is 2.33. The summed E-state index contributed by atoms with van der Waals surface area (Å²) in [5.41, 5.74) is -0.110. The topological polar surface area (TPSA) is 34.1 Å². The molecule has 1 aliphatic carbocycles. The molecule has 1 fully saturated rings. The highest BCUT2D eigenvalue weighted by atomic mass is 19.4. The van der Waals surface area contributed by atoms with Gasteiger partial charge in [-0.15, -0.1) is 0 Å². The van der Waals surface area contributed by atoms with Crippen LogP contribution in [0.1, 0.15) is 24.1 Å². The first-order valence-corrected chi connectivity index (χ1v) is 6.25. The fourth-order valence-electron chi connectivity index (χ4n) is 1.97. The van der Waals surface area contributed by atoms with Crippen molar-refractivity contribution in [2.75, 3.05) is 13.7 Å². The van der Waals surface area contributed by atoms with Gasteiger partial charge >= 0.3 is 6.18 Å². The minimum atomic E-state index is -4.33. The van der Waals surface area contributed by atoms with Gasteiger partial charge in [-0.3, -0.25) is 4.98 Å². The van der Waals surface area contributed by atoms with Crippen molar-refractivity contribution in [1.82, 2.24) is 10.3 Å². The summed E-state index contributed by atoms with van der Waals surface area (Å²) in [5.74, 6) is 0.620. The molecule has 0 aliphatic heterocycles. The molecule has 0 spiro atoms. The molecule has 0 amide bonds. The molecule has 1 aliphatic rings. The second-order valence-electron chi connectivity index (χ2n) is 4.82. The summed E-state index contributed by atoms with van der Waals surface area (Å²) < 4.78 is 42.3. The summed E-state index contributed by atoms with van der Waals surface area (Å²) in [7, 11) is 1.65. The largest absolute Gasteiger partial charge is 0.417 e. The fraction of sp³-hybridized carbons (Fsp3) is 0.615. The van der Waals surface area contributed by atoms with E-state index >= 15 is 0 Å². The zero-order chi connectivity index (χ0) is 13.9. The molecule has 1 N–H and O–H groups in total. The van der Waals surface area contributed by atoms with Crippen molar-refractivity contribution < 1.29 is 17.9 Å². The molecule has 0 radical (unpaired) electrons. The Morgan fingerprint density at radius 2 is 2.16 bits per heavy atom. The molecule has 0 saturated heterocycles. The number of nitrogens with zero attached hydrogens (tertiary/aromatic N) is 1. The molecule has 6 heteroatoms. The Labute approximate surface area is 110 Å². The van der Waals surface area contributed by atoms with E-state index in [0.29, 0.717) is 24.8 Å². The number of aromatic nitrogens is 1. The first kappa shape index (κ1) is 14.3. The van der Waals surface area contributed by atoms with Crippen molar-refractivity contribution in [2.45, 2.75) is 31.6 Å². The number of halogens is 3. The Kier molecular flexibility index (Phi) is 4.42. The lowest BCUT2D eigenvalue weighted by atomic mass is 10.2. The lowest BCUT2D eigenvalue weighted by molar-refractivity contribution is -0.137. The van der Waals surface area contributed by atoms with Crippen molar-refractivity contribution in [1.29, 1.82) is 0 Å². The van der Waals surface area contributed by atoms with E-state index < -0.39 is 11.7 Å². The van der Waals surface area contributed by atoms with Crippen molar-refractivity contribution in [3.8, 4) is 0 Å². The predicted octanol–water partition coefficient (Wildman–Crippen LogP) is 2.62. The summed E-state index contributed by atoms with van der Waals surface area (Å²) in [6.45, 7) is 1.08. The monoisotopic (exact) mass is 274 g/mol. The highest BCUT2D eigenvalue weighted by Gasteiger charge is 2.32. The molecule has 106 valence electrons. The van der Waals surface area contributed by atoms with E-state index in [2.05, 4.69) is 10.3 Å². The molecular weight excluding hydrogens is 257 g/mol. The molecule has 19 heavy (non-hydrogen) atoms. The maximum Gasteiger partial charge on any atom is 0.417 e. The van der Waals surface area contributed by atoms with Gasteiger partial charge < -0.3 is 10.1 Å². The molecule has 1 heterocycles. The van der Waals surface area contributed by atoms with E-state index in [1.54, 1.807) is 7.11 Å². The van der Waals surface area contributed by atoms with E-state index in [4.69, 9.17) is 4.74 Å². The zero-order valence-electron chi connectivity index (χ0n) is 10.7. The Bertz CT molecular complexity index is 401. The lowest BCUT2D eigenvalue weighted by Gasteiger charge is -2.17. The molecule has 3 nitrogen and oxygen atoms in total. The van der Waals surface area contributed by atoms with Gasteiger partial charge in [-0.25, -0.2) is 0 Å². The van der Waals surface area contributed by atoms with Crippen LogP contribution < -0.4 is 5.32 Å². The molecule has 0 unspecified atom stereocenters. The van der Waals surface area contributed by atoms with Crippen LogP contribution in [0.2, 0.25) is 0 Å². The number of ether oxygens (including phenoxy) is 1. The van der Waals surface area contributed by atoms with Crippen LogP contribution in [0.15, 0.2) is 18.3 Å². The molecule has 1 saturated carbocycles. The van der Waals surface area contributed by atoms with Crippen LogP contribution in [0, 0.1) is 5.92 Å². The van der Waals surface area contributed by atoms with Crippen LogP contribution in [-0.4, -0.2) is 24.7 Å². The van der Waals surface area contributed by atoms with Gasteiger partial charge in [0.1, 0.15) is 0 Å². The molecule has 1 aromatic rings. The number of alkyl halides is 3. The molecular formula is C13H17F3N2O. The van der Waals surface area contributed by atoms with Crippen molar-refractivity contribution in [2.24, 2.45) is 5.92 Å². The van der Waals surface area contributed by atoms with Crippen LogP contribution in [0.25, 0.3) is 0 Å². The standard InChI is InChI=1S/C13H17F3N2O/c1-19-8-12(9-2-3-9)18-7-11-5-4-10(6-17-11)13(14,15)16/h4-6,9,12,18H,2-3,7-8H2,1H3/t12-/m1/s1. The summed E-state index contributed by atoms with van der Waals surface area (Å²) in [4.78, 5) is 3.83. The number of hydrogen-bond acceptors (Lipinski definition) is 3. The van der Waals surface area contributed by atoms with E-state index in [1.165, 1.54) is 18.9 Å². The number of methoxy groups -OCH3 is 1. The molecule has 1 atom stereocenters. The van der Waals surface area contributed by atoms with Crippen LogP contribution >= 0.6 is 0 Å². The van der Waals surface area contributed by atoms with Crippen LogP contribution in [0.3, 0.4) is 0 Å². The summed E-state index contributed by atoms with van der Waals surface area (Å²) >= 11 is 0. The zero-order valence-corrected chi connectivity index (χ0v) is 10.7. The fourth-order valence-corrected chi connectivity index (χ4v) is 1.97. The average molecular weight is 274 g/mol. The smallest absolute Gasteiger partial charge is 0.383 e. The normalized spacial score (nSPS) is 17.5. The van der Waals surface area contributed by atoms with E-state index in [1.807, 2.05) is 0 Å². The average Bonchev–Trinajstić information content (AvgIpc) is 3.18. The van der Waals surface area contributed by atoms with E-state index in [-0.39, 0.29) is 6.04 Å². The summed E-state index contributed by atoms with van der Waals surface area (Å²) in [6.07, 6.45) is -1.09. The van der Waals surface area contributed by atoms with Gasteiger partial charge in [0.2, 0.25) is 0 Å². The molecule has 0 bridgehead atoms. The number of pyridine rings is 1. The minimum absolute atomic E-state index is 0.258. The maximum atomic E-state index is 12.4. The quantitative estimate of drug-likeness (QED) is 0.866. The third-order valence-corrected chi connectivity index (χ3v) is 3.23. The minimum Gasteiger partial charge on any atom is -0.383 e. The second kappa shape index (κ2) is 5.88. The SMILES string of the molecule is COC[C@@H](NCc1ccc(C(F)(F)F)cn1)C1CC1. The number of rotatable bonds is 6.